The van der Waals surface area contributed by atoms with E-state index in [0.717, 1.165) is 5.56 Å². The summed E-state index contributed by atoms with van der Waals surface area (Å²) >= 11 is 0. The lowest BCUT2D eigenvalue weighted by Gasteiger charge is -2.06. The molecule has 78 valence electrons. The Morgan fingerprint density at radius 3 is 2.86 bits per heavy atom. The molecule has 0 aromatic heterocycles. The third kappa shape index (κ3) is 3.05. The van der Waals surface area contributed by atoms with Crippen LogP contribution in [0.15, 0.2) is 18.2 Å². The second-order valence-corrected chi connectivity index (χ2v) is 4.26. The molecule has 0 heterocycles. The first kappa shape index (κ1) is 11.1. The van der Waals surface area contributed by atoms with Crippen LogP contribution < -0.4 is 10.5 Å². The summed E-state index contributed by atoms with van der Waals surface area (Å²) in [7, 11) is -0.838. The number of rotatable bonds is 4. The predicted molar refractivity (Wildman–Crippen MR) is 57.2 cm³/mol. The molecule has 0 bridgehead atoms. The molecule has 1 unspecified atom stereocenters. The molecule has 0 saturated heterocycles. The van der Waals surface area contributed by atoms with Crippen molar-refractivity contribution in [2.75, 3.05) is 19.0 Å². The van der Waals surface area contributed by atoms with Crippen molar-refractivity contribution < 1.29 is 14.2 Å². The number of nitrogen functional groups attached to an aromatic ring is 1. The van der Waals surface area contributed by atoms with Gasteiger partial charge in [-0.15, -0.1) is 0 Å². The van der Waals surface area contributed by atoms with E-state index in [2.05, 4.69) is 0 Å². The highest BCUT2D eigenvalue weighted by Gasteiger charge is 2.02. The van der Waals surface area contributed by atoms with Gasteiger partial charge in [-0.05, 0) is 24.1 Å². The van der Waals surface area contributed by atoms with Crippen molar-refractivity contribution in [2.24, 2.45) is 0 Å². The smallest absolute Gasteiger partial charge is 0.189 e. The molecular formula is C9H14NO3P. The average Bonchev–Trinajstić information content (AvgIpc) is 2.16. The van der Waals surface area contributed by atoms with E-state index in [4.69, 9.17) is 15.4 Å². The third-order valence-electron chi connectivity index (χ3n) is 1.93. The molecule has 0 saturated carbocycles. The molecule has 14 heavy (non-hydrogen) atoms. The zero-order valence-corrected chi connectivity index (χ0v) is 8.99. The topological polar surface area (TPSA) is 72.5 Å². The Hall–Kier alpha value is -0.990. The van der Waals surface area contributed by atoms with Crippen molar-refractivity contribution >= 4 is 13.7 Å². The molecule has 0 aliphatic rings. The number of aryl methyl sites for hydroxylation is 1. The average molecular weight is 215 g/mol. The van der Waals surface area contributed by atoms with Gasteiger partial charge in [0.15, 0.2) is 8.03 Å². The zero-order valence-electron chi connectivity index (χ0n) is 7.99. The van der Waals surface area contributed by atoms with E-state index < -0.39 is 8.03 Å². The highest BCUT2D eigenvalue weighted by atomic mass is 31.1. The lowest BCUT2D eigenvalue weighted by atomic mass is 10.1. The van der Waals surface area contributed by atoms with Crippen LogP contribution in [0.1, 0.15) is 5.56 Å². The Bertz CT molecular complexity index is 341. The summed E-state index contributed by atoms with van der Waals surface area (Å²) < 4.78 is 15.6. The summed E-state index contributed by atoms with van der Waals surface area (Å²) in [5, 5.41) is 0. The summed E-state index contributed by atoms with van der Waals surface area (Å²) in [5.74, 6) is 0.611. The minimum absolute atomic E-state index is 0.303. The molecular weight excluding hydrogens is 201 g/mol. The van der Waals surface area contributed by atoms with Crippen molar-refractivity contribution in [3.8, 4) is 5.75 Å². The van der Waals surface area contributed by atoms with Gasteiger partial charge >= 0.3 is 0 Å². The standard InChI is InChI=1S/C9H14NO3P/c1-13-9-6-7(2-3-8(9)10)4-5-14(11)12/h2-3,6,14H,4-5,10H2,1H3,(H,11,12). The van der Waals surface area contributed by atoms with E-state index in [0.29, 0.717) is 24.0 Å². The molecule has 3 N–H and O–H groups in total. The monoisotopic (exact) mass is 215 g/mol. The maximum atomic E-state index is 10.5. The van der Waals surface area contributed by atoms with Gasteiger partial charge in [0, 0.05) is 6.16 Å². The van der Waals surface area contributed by atoms with Gasteiger partial charge in [-0.25, -0.2) is 0 Å². The molecule has 0 aliphatic carbocycles. The molecule has 0 aliphatic heterocycles. The number of nitrogens with two attached hydrogens (primary N) is 1. The normalized spacial score (nSPS) is 12.4. The first-order valence-electron chi connectivity index (χ1n) is 4.27. The fourth-order valence-electron chi connectivity index (χ4n) is 1.16. The molecule has 1 rings (SSSR count). The van der Waals surface area contributed by atoms with Crippen LogP contribution in [-0.4, -0.2) is 18.2 Å². The molecule has 0 fully saturated rings. The minimum Gasteiger partial charge on any atom is -0.495 e. The maximum absolute atomic E-state index is 10.5. The fraction of sp³-hybridized carbons (Fsp3) is 0.333. The van der Waals surface area contributed by atoms with Crippen LogP contribution in [-0.2, 0) is 11.0 Å². The minimum atomic E-state index is -2.38. The molecule has 0 spiro atoms. The Morgan fingerprint density at radius 1 is 1.57 bits per heavy atom. The highest BCUT2D eigenvalue weighted by molar-refractivity contribution is 7.37. The van der Waals surface area contributed by atoms with Crippen LogP contribution in [0, 0.1) is 0 Å². The van der Waals surface area contributed by atoms with E-state index in [1.54, 1.807) is 19.2 Å². The molecule has 4 nitrogen and oxygen atoms in total. The zero-order chi connectivity index (χ0) is 10.6. The van der Waals surface area contributed by atoms with E-state index in [9.17, 15) is 4.57 Å². The van der Waals surface area contributed by atoms with Crippen molar-refractivity contribution in [1.82, 2.24) is 0 Å². The second kappa shape index (κ2) is 5.03. The number of anilines is 1. The molecule has 0 radical (unpaired) electrons. The first-order chi connectivity index (χ1) is 6.63. The second-order valence-electron chi connectivity index (χ2n) is 2.97. The lowest BCUT2D eigenvalue weighted by Crippen LogP contribution is -1.95. The quantitative estimate of drug-likeness (QED) is 0.586. The van der Waals surface area contributed by atoms with Gasteiger partial charge in [-0.2, -0.15) is 0 Å². The van der Waals surface area contributed by atoms with Gasteiger partial charge < -0.3 is 15.4 Å². The molecule has 1 aromatic rings. The summed E-state index contributed by atoms with van der Waals surface area (Å²) in [5.41, 5.74) is 7.16. The van der Waals surface area contributed by atoms with Gasteiger partial charge in [0.05, 0.1) is 12.8 Å². The van der Waals surface area contributed by atoms with Crippen LogP contribution in [0.25, 0.3) is 0 Å². The molecule has 1 aromatic carbocycles. The largest absolute Gasteiger partial charge is 0.495 e. The molecule has 5 heteroatoms. The number of ether oxygens (including phenoxy) is 1. The van der Waals surface area contributed by atoms with Gasteiger partial charge in [0.2, 0.25) is 0 Å². The third-order valence-corrected chi connectivity index (χ3v) is 2.60. The van der Waals surface area contributed by atoms with Crippen LogP contribution in [0.4, 0.5) is 5.69 Å². The van der Waals surface area contributed by atoms with Crippen molar-refractivity contribution in [1.29, 1.82) is 0 Å². The highest BCUT2D eigenvalue weighted by Crippen LogP contribution is 2.24. The van der Waals surface area contributed by atoms with Gasteiger partial charge in [-0.3, -0.25) is 4.57 Å². The van der Waals surface area contributed by atoms with E-state index in [1.165, 1.54) is 0 Å². The Balaban J connectivity index is 2.74. The fourth-order valence-corrected chi connectivity index (χ4v) is 1.66. The maximum Gasteiger partial charge on any atom is 0.189 e. The Labute approximate surface area is 83.6 Å². The Morgan fingerprint density at radius 2 is 2.29 bits per heavy atom. The van der Waals surface area contributed by atoms with Crippen LogP contribution in [0.3, 0.4) is 0 Å². The predicted octanol–water partition coefficient (Wildman–Crippen LogP) is 1.29. The summed E-state index contributed by atoms with van der Waals surface area (Å²) in [4.78, 5) is 8.69. The first-order valence-corrected chi connectivity index (χ1v) is 5.84. The van der Waals surface area contributed by atoms with Gasteiger partial charge in [0.25, 0.3) is 0 Å². The molecule has 1 atom stereocenters. The summed E-state index contributed by atoms with van der Waals surface area (Å²) in [6, 6.07) is 5.37. The summed E-state index contributed by atoms with van der Waals surface area (Å²) in [6.07, 6.45) is 0.878. The van der Waals surface area contributed by atoms with Gasteiger partial charge in [-0.1, -0.05) is 6.07 Å². The van der Waals surface area contributed by atoms with Crippen molar-refractivity contribution in [2.45, 2.75) is 6.42 Å². The Kier molecular flexibility index (Phi) is 3.98. The van der Waals surface area contributed by atoms with E-state index in [1.807, 2.05) is 6.07 Å². The van der Waals surface area contributed by atoms with E-state index in [-0.39, 0.29) is 0 Å². The lowest BCUT2D eigenvalue weighted by molar-refractivity contribution is 0.416. The van der Waals surface area contributed by atoms with Crippen LogP contribution in [0.2, 0.25) is 0 Å². The number of benzene rings is 1. The van der Waals surface area contributed by atoms with Gasteiger partial charge in [0.1, 0.15) is 5.75 Å². The van der Waals surface area contributed by atoms with Crippen LogP contribution in [0.5, 0.6) is 5.75 Å². The molecule has 0 amide bonds. The number of hydrogen-bond acceptors (Lipinski definition) is 3. The SMILES string of the molecule is COc1cc(CC[PH](=O)O)ccc1N. The number of hydrogen-bond donors (Lipinski definition) is 2. The number of methoxy groups -OCH3 is 1. The summed E-state index contributed by atoms with van der Waals surface area (Å²) in [6.45, 7) is 0. The van der Waals surface area contributed by atoms with Crippen LogP contribution >= 0.6 is 8.03 Å². The van der Waals surface area contributed by atoms with Crippen molar-refractivity contribution in [3.63, 3.8) is 0 Å². The van der Waals surface area contributed by atoms with E-state index >= 15 is 0 Å². The van der Waals surface area contributed by atoms with Crippen molar-refractivity contribution in [3.05, 3.63) is 23.8 Å².